The van der Waals surface area contributed by atoms with Gasteiger partial charge in [-0.05, 0) is 88.0 Å². The Balaban J connectivity index is 1.55. The molecular formula is C26H34N4O3. The molecule has 1 fully saturated rings. The zero-order valence-electron chi connectivity index (χ0n) is 19.7. The fraction of sp³-hybridized carbons (Fsp3) is 0.462. The molecule has 2 aliphatic rings. The van der Waals surface area contributed by atoms with Crippen LogP contribution in [0.2, 0.25) is 0 Å². The second-order valence-electron chi connectivity index (χ2n) is 9.39. The Labute approximate surface area is 195 Å². The maximum absolute atomic E-state index is 13.5. The molecule has 2 heterocycles. The van der Waals surface area contributed by atoms with E-state index in [2.05, 4.69) is 22.5 Å². The average Bonchev–Trinajstić information content (AvgIpc) is 2.80. The van der Waals surface area contributed by atoms with E-state index in [4.69, 9.17) is 0 Å². The number of anilines is 2. The number of nitrogens with one attached hydrogen (secondary N) is 2. The summed E-state index contributed by atoms with van der Waals surface area (Å²) in [5.41, 5.74) is 1.13. The van der Waals surface area contributed by atoms with E-state index in [0.717, 1.165) is 48.0 Å². The molecule has 0 radical (unpaired) electrons. The fourth-order valence-electron chi connectivity index (χ4n) is 4.64. The molecule has 1 saturated heterocycles. The van der Waals surface area contributed by atoms with Crippen LogP contribution < -0.4 is 15.5 Å². The number of carbonyl (C=O) groups is 2. The highest BCUT2D eigenvalue weighted by atomic mass is 16.3. The number of likely N-dealkylation sites (tertiary alicyclic amines) is 1. The van der Waals surface area contributed by atoms with Gasteiger partial charge in [0.1, 0.15) is 0 Å². The second kappa shape index (κ2) is 9.53. The summed E-state index contributed by atoms with van der Waals surface area (Å²) in [4.78, 5) is 30.1. The van der Waals surface area contributed by atoms with Gasteiger partial charge in [-0.1, -0.05) is 31.2 Å². The highest BCUT2D eigenvalue weighted by molar-refractivity contribution is 6.11. The SMILES string of the molecule is Cc1ccc(N2C(=O)Nc3ccccc3[C@@]2(O)C(=O)NCCCN2CCC(C)CC2)cc1C. The number of para-hydroxylation sites is 1. The van der Waals surface area contributed by atoms with Crippen molar-refractivity contribution < 1.29 is 14.7 Å². The predicted octanol–water partition coefficient (Wildman–Crippen LogP) is 3.74. The van der Waals surface area contributed by atoms with E-state index < -0.39 is 17.7 Å². The minimum atomic E-state index is -2.15. The molecule has 2 aliphatic heterocycles. The summed E-state index contributed by atoms with van der Waals surface area (Å²) in [5.74, 6) is 0.180. The predicted molar refractivity (Wildman–Crippen MR) is 130 cm³/mol. The molecule has 1 atom stereocenters. The molecule has 4 rings (SSSR count). The molecule has 2 aromatic rings. The van der Waals surface area contributed by atoms with Crippen LogP contribution in [0.3, 0.4) is 0 Å². The molecular weight excluding hydrogens is 416 g/mol. The summed E-state index contributed by atoms with van der Waals surface area (Å²) in [6, 6.07) is 11.8. The highest BCUT2D eigenvalue weighted by Gasteiger charge is 2.51. The Morgan fingerprint density at radius 3 is 2.61 bits per heavy atom. The Kier molecular flexibility index (Phi) is 6.72. The Morgan fingerprint density at radius 2 is 1.88 bits per heavy atom. The van der Waals surface area contributed by atoms with Crippen molar-refractivity contribution in [3.05, 3.63) is 59.2 Å². The van der Waals surface area contributed by atoms with Crippen molar-refractivity contribution in [2.24, 2.45) is 5.92 Å². The Bertz CT molecular complexity index is 1030. The van der Waals surface area contributed by atoms with Gasteiger partial charge in [-0.3, -0.25) is 9.69 Å². The maximum atomic E-state index is 13.5. The van der Waals surface area contributed by atoms with Crippen LogP contribution in [0.1, 0.15) is 42.9 Å². The van der Waals surface area contributed by atoms with Gasteiger partial charge in [-0.15, -0.1) is 0 Å². The maximum Gasteiger partial charge on any atom is 0.329 e. The fourth-order valence-corrected chi connectivity index (χ4v) is 4.64. The molecule has 0 bridgehead atoms. The zero-order valence-corrected chi connectivity index (χ0v) is 19.7. The standard InChI is InChI=1S/C26H34N4O3/c1-18-11-15-29(16-12-18)14-6-13-27-24(31)26(33)22-7-4-5-8-23(22)28-25(32)30(26)21-10-9-19(2)20(3)17-21/h4-5,7-10,17-18,33H,6,11-16H2,1-3H3,(H,27,31)(H,28,32)/t26-/m1/s1. The van der Waals surface area contributed by atoms with Gasteiger partial charge in [0.05, 0.1) is 5.69 Å². The number of amides is 3. The number of fused-ring (bicyclic) bond motifs is 1. The number of urea groups is 1. The molecule has 0 spiro atoms. The number of carbonyl (C=O) groups excluding carboxylic acids is 2. The van der Waals surface area contributed by atoms with E-state index in [1.807, 2.05) is 26.0 Å². The summed E-state index contributed by atoms with van der Waals surface area (Å²) >= 11 is 0. The average molecular weight is 451 g/mol. The van der Waals surface area contributed by atoms with Crippen LogP contribution in [0.25, 0.3) is 0 Å². The lowest BCUT2D eigenvalue weighted by Gasteiger charge is -2.42. The number of aliphatic hydroxyl groups is 1. The molecule has 7 nitrogen and oxygen atoms in total. The van der Waals surface area contributed by atoms with Crippen LogP contribution in [0.5, 0.6) is 0 Å². The third-order valence-corrected chi connectivity index (χ3v) is 6.95. The number of benzene rings is 2. The summed E-state index contributed by atoms with van der Waals surface area (Å²) in [5, 5.41) is 17.6. The second-order valence-corrected chi connectivity index (χ2v) is 9.39. The topological polar surface area (TPSA) is 84.9 Å². The van der Waals surface area contributed by atoms with Crippen LogP contribution in [0, 0.1) is 19.8 Å². The van der Waals surface area contributed by atoms with Gasteiger partial charge < -0.3 is 20.6 Å². The van der Waals surface area contributed by atoms with Gasteiger partial charge in [-0.25, -0.2) is 4.79 Å². The normalized spacial score (nSPS) is 21.5. The number of nitrogens with zero attached hydrogens (tertiary/aromatic N) is 2. The summed E-state index contributed by atoms with van der Waals surface area (Å²) in [6.07, 6.45) is 3.21. The van der Waals surface area contributed by atoms with Crippen LogP contribution in [-0.4, -0.2) is 48.1 Å². The van der Waals surface area contributed by atoms with Gasteiger partial charge in [0.25, 0.3) is 11.6 Å². The van der Waals surface area contributed by atoms with Crippen molar-refractivity contribution in [1.82, 2.24) is 10.2 Å². The Morgan fingerprint density at radius 1 is 1.15 bits per heavy atom. The third kappa shape index (κ3) is 4.61. The van der Waals surface area contributed by atoms with Crippen LogP contribution in [0.15, 0.2) is 42.5 Å². The highest BCUT2D eigenvalue weighted by Crippen LogP contribution is 2.40. The summed E-state index contributed by atoms with van der Waals surface area (Å²) < 4.78 is 0. The van der Waals surface area contributed by atoms with E-state index in [-0.39, 0.29) is 0 Å². The number of aryl methyl sites for hydroxylation is 2. The molecule has 7 heteroatoms. The van der Waals surface area contributed by atoms with E-state index in [9.17, 15) is 14.7 Å². The van der Waals surface area contributed by atoms with Crippen LogP contribution in [0.4, 0.5) is 16.2 Å². The van der Waals surface area contributed by atoms with Gasteiger partial charge in [0, 0.05) is 17.8 Å². The molecule has 33 heavy (non-hydrogen) atoms. The van der Waals surface area contributed by atoms with Gasteiger partial charge >= 0.3 is 6.03 Å². The van der Waals surface area contributed by atoms with Crippen molar-refractivity contribution in [3.63, 3.8) is 0 Å². The minimum absolute atomic E-state index is 0.352. The number of piperidine rings is 1. The monoisotopic (exact) mass is 450 g/mol. The quantitative estimate of drug-likeness (QED) is 0.586. The van der Waals surface area contributed by atoms with E-state index in [1.54, 1.807) is 30.3 Å². The van der Waals surface area contributed by atoms with Crippen LogP contribution >= 0.6 is 0 Å². The van der Waals surface area contributed by atoms with E-state index in [1.165, 1.54) is 12.8 Å². The van der Waals surface area contributed by atoms with Crippen molar-refractivity contribution in [2.45, 2.75) is 45.8 Å². The molecule has 2 aromatic carbocycles. The molecule has 0 unspecified atom stereocenters. The van der Waals surface area contributed by atoms with Crippen LogP contribution in [-0.2, 0) is 10.5 Å². The van der Waals surface area contributed by atoms with E-state index in [0.29, 0.717) is 23.5 Å². The largest absolute Gasteiger partial charge is 0.359 e. The lowest BCUT2D eigenvalue weighted by molar-refractivity contribution is -0.140. The first kappa shape index (κ1) is 23.3. The molecule has 0 saturated carbocycles. The molecule has 176 valence electrons. The zero-order chi connectivity index (χ0) is 23.6. The lowest BCUT2D eigenvalue weighted by Crippen LogP contribution is -2.62. The molecule has 3 amide bonds. The number of hydrogen-bond acceptors (Lipinski definition) is 4. The molecule has 0 aromatic heterocycles. The van der Waals surface area contributed by atoms with Gasteiger partial charge in [-0.2, -0.15) is 0 Å². The third-order valence-electron chi connectivity index (χ3n) is 6.95. The van der Waals surface area contributed by atoms with Gasteiger partial charge in [0.2, 0.25) is 0 Å². The van der Waals surface area contributed by atoms with Crippen molar-refractivity contribution >= 4 is 23.3 Å². The minimum Gasteiger partial charge on any atom is -0.359 e. The summed E-state index contributed by atoms with van der Waals surface area (Å²) in [6.45, 7) is 9.72. The van der Waals surface area contributed by atoms with Crippen molar-refractivity contribution in [1.29, 1.82) is 0 Å². The first-order valence-electron chi connectivity index (χ1n) is 11.8. The smallest absolute Gasteiger partial charge is 0.329 e. The van der Waals surface area contributed by atoms with Gasteiger partial charge in [0.15, 0.2) is 0 Å². The van der Waals surface area contributed by atoms with Crippen molar-refractivity contribution in [3.8, 4) is 0 Å². The first-order chi connectivity index (χ1) is 15.8. The molecule has 3 N–H and O–H groups in total. The van der Waals surface area contributed by atoms with Crippen molar-refractivity contribution in [2.75, 3.05) is 36.4 Å². The Hall–Kier alpha value is -2.90. The number of hydrogen-bond donors (Lipinski definition) is 3. The van der Waals surface area contributed by atoms with E-state index >= 15 is 0 Å². The summed E-state index contributed by atoms with van der Waals surface area (Å²) in [7, 11) is 0. The first-order valence-corrected chi connectivity index (χ1v) is 11.8. The lowest BCUT2D eigenvalue weighted by atomic mass is 9.94. The number of rotatable bonds is 6. The molecule has 0 aliphatic carbocycles.